The minimum atomic E-state index is -3.74. The van der Waals surface area contributed by atoms with Crippen molar-refractivity contribution in [3.63, 3.8) is 0 Å². The number of nitrogen functional groups attached to an aromatic ring is 1. The minimum absolute atomic E-state index is 0.106. The molecule has 0 fully saturated rings. The van der Waals surface area contributed by atoms with Crippen molar-refractivity contribution < 1.29 is 17.5 Å². The lowest BCUT2D eigenvalue weighted by Gasteiger charge is -2.25. The maximum Gasteiger partial charge on any atom is 0.238 e. The summed E-state index contributed by atoms with van der Waals surface area (Å²) in [6, 6.07) is 21.0. The molecular weight excluding hydrogens is 543 g/mol. The molecule has 0 saturated carbocycles. The number of fused-ring (bicyclic) bond motifs is 1. The maximum atomic E-state index is 11.7. The SMILES string of the molecule is CCCC(CC)Oc1ccc(C2=C(c3ccc(S(N)(=O)=O)cc3)CSc3cc(N)ccc32)cc1.CCCCCF. The van der Waals surface area contributed by atoms with E-state index in [1.54, 1.807) is 23.9 Å². The van der Waals surface area contributed by atoms with E-state index in [9.17, 15) is 12.8 Å². The molecule has 1 unspecified atom stereocenters. The van der Waals surface area contributed by atoms with Gasteiger partial charge in [0.1, 0.15) is 5.75 Å². The second-order valence-corrected chi connectivity index (χ2v) is 12.4. The zero-order chi connectivity index (χ0) is 29.1. The molecule has 216 valence electrons. The van der Waals surface area contributed by atoms with E-state index in [1.165, 1.54) is 0 Å². The van der Waals surface area contributed by atoms with Crippen LogP contribution in [0, 0.1) is 0 Å². The summed E-state index contributed by atoms with van der Waals surface area (Å²) in [5, 5.41) is 5.29. The summed E-state index contributed by atoms with van der Waals surface area (Å²) in [6.45, 7) is 6.24. The van der Waals surface area contributed by atoms with Crippen molar-refractivity contribution in [2.45, 2.75) is 75.2 Å². The number of sulfonamides is 1. The lowest BCUT2D eigenvalue weighted by Crippen LogP contribution is -2.14. The van der Waals surface area contributed by atoms with Crippen molar-refractivity contribution in [2.24, 2.45) is 5.14 Å². The summed E-state index contributed by atoms with van der Waals surface area (Å²) in [7, 11) is -3.74. The average molecular weight is 585 g/mol. The Kier molecular flexibility index (Phi) is 12.1. The predicted molar refractivity (Wildman–Crippen MR) is 167 cm³/mol. The second-order valence-electron chi connectivity index (χ2n) is 9.82. The first-order chi connectivity index (χ1) is 19.2. The molecule has 3 aromatic rings. The third-order valence-corrected chi connectivity index (χ3v) is 8.74. The molecule has 0 aromatic heterocycles. The van der Waals surface area contributed by atoms with E-state index in [0.717, 1.165) is 88.4 Å². The molecule has 0 amide bonds. The van der Waals surface area contributed by atoms with E-state index in [4.69, 9.17) is 15.6 Å². The molecule has 5 nitrogen and oxygen atoms in total. The number of alkyl halides is 1. The molecule has 1 aliphatic rings. The summed E-state index contributed by atoms with van der Waals surface area (Å²) in [5.41, 5.74) is 12.2. The number of benzene rings is 3. The van der Waals surface area contributed by atoms with Crippen molar-refractivity contribution in [2.75, 3.05) is 18.2 Å². The van der Waals surface area contributed by atoms with E-state index in [2.05, 4.69) is 39.0 Å². The topological polar surface area (TPSA) is 95.4 Å². The minimum Gasteiger partial charge on any atom is -0.490 e. The fourth-order valence-corrected chi connectivity index (χ4v) is 6.23. The highest BCUT2D eigenvalue weighted by Crippen LogP contribution is 2.45. The second kappa shape index (κ2) is 15.3. The molecule has 40 heavy (non-hydrogen) atoms. The van der Waals surface area contributed by atoms with Gasteiger partial charge >= 0.3 is 0 Å². The van der Waals surface area contributed by atoms with Gasteiger partial charge in [0.25, 0.3) is 0 Å². The summed E-state index contributed by atoms with van der Waals surface area (Å²) in [6.07, 6.45) is 6.23. The maximum absolute atomic E-state index is 11.7. The molecule has 0 aliphatic carbocycles. The Hall–Kier alpha value is -2.81. The standard InChI is InChI=1S/C27H30N2O3S2.C5H11F/c1-3-5-21(4-2)32-22-11-6-19(7-12-22)27-24-15-10-20(28)16-26(24)33-17-25(27)18-8-13-23(14-9-18)34(29,30)31;1-2-3-4-5-6/h6-16,21H,3-5,17,28H2,1-2H3,(H2,29,30,31);2-5H2,1H3. The molecule has 4 rings (SSSR count). The van der Waals surface area contributed by atoms with Crippen molar-refractivity contribution in [1.82, 2.24) is 0 Å². The number of primary sulfonamides is 1. The van der Waals surface area contributed by atoms with E-state index >= 15 is 0 Å². The largest absolute Gasteiger partial charge is 0.490 e. The molecule has 0 saturated heterocycles. The molecule has 1 aliphatic heterocycles. The number of halogens is 1. The first-order valence-corrected chi connectivity index (χ1v) is 16.5. The first-order valence-electron chi connectivity index (χ1n) is 13.9. The molecule has 4 N–H and O–H groups in total. The van der Waals surface area contributed by atoms with Gasteiger partial charge in [0, 0.05) is 16.3 Å². The Balaban J connectivity index is 0.000000663. The number of nitrogens with two attached hydrogens (primary N) is 2. The highest BCUT2D eigenvalue weighted by atomic mass is 32.2. The first kappa shape index (κ1) is 31.7. The molecule has 0 spiro atoms. The number of anilines is 1. The van der Waals surface area contributed by atoms with Crippen LogP contribution in [0.25, 0.3) is 11.1 Å². The van der Waals surface area contributed by atoms with Gasteiger partial charge in [-0.05, 0) is 83.5 Å². The van der Waals surface area contributed by atoms with E-state index in [-0.39, 0.29) is 17.7 Å². The van der Waals surface area contributed by atoms with Crippen LogP contribution in [-0.2, 0) is 10.0 Å². The third kappa shape index (κ3) is 8.59. The smallest absolute Gasteiger partial charge is 0.238 e. The molecule has 0 bridgehead atoms. The van der Waals surface area contributed by atoms with Crippen molar-refractivity contribution in [3.05, 3.63) is 83.4 Å². The summed E-state index contributed by atoms with van der Waals surface area (Å²) in [5.74, 6) is 1.61. The van der Waals surface area contributed by atoms with E-state index in [0.29, 0.717) is 0 Å². The van der Waals surface area contributed by atoms with Gasteiger partial charge in [0.2, 0.25) is 10.0 Å². The van der Waals surface area contributed by atoms with Gasteiger partial charge in [-0.25, -0.2) is 13.6 Å². The molecule has 1 heterocycles. The van der Waals surface area contributed by atoms with Gasteiger partial charge < -0.3 is 10.5 Å². The summed E-state index contributed by atoms with van der Waals surface area (Å²) >= 11 is 1.73. The van der Waals surface area contributed by atoms with Gasteiger partial charge in [-0.1, -0.05) is 70.4 Å². The number of unbranched alkanes of at least 4 members (excludes halogenated alkanes) is 2. The zero-order valence-electron chi connectivity index (χ0n) is 23.7. The predicted octanol–water partition coefficient (Wildman–Crippen LogP) is 8.08. The monoisotopic (exact) mass is 584 g/mol. The average Bonchev–Trinajstić information content (AvgIpc) is 2.95. The van der Waals surface area contributed by atoms with Crippen LogP contribution < -0.4 is 15.6 Å². The molecule has 8 heteroatoms. The number of rotatable bonds is 11. The van der Waals surface area contributed by atoms with Gasteiger partial charge in [0.05, 0.1) is 17.7 Å². The van der Waals surface area contributed by atoms with Crippen LogP contribution in [0.15, 0.2) is 76.5 Å². The fraction of sp³-hybridized carbons (Fsp3) is 0.375. The highest BCUT2D eigenvalue weighted by molar-refractivity contribution is 8.00. The zero-order valence-corrected chi connectivity index (χ0v) is 25.3. The number of hydrogen-bond acceptors (Lipinski definition) is 5. The molecule has 0 radical (unpaired) electrons. The summed E-state index contributed by atoms with van der Waals surface area (Å²) in [4.78, 5) is 1.24. The van der Waals surface area contributed by atoms with Crippen LogP contribution in [0.1, 0.15) is 76.0 Å². The molecular formula is C32H41FN2O3S2. The van der Waals surface area contributed by atoms with Crippen LogP contribution in [0.2, 0.25) is 0 Å². The van der Waals surface area contributed by atoms with Crippen molar-refractivity contribution in [1.29, 1.82) is 0 Å². The van der Waals surface area contributed by atoms with E-state index in [1.807, 2.05) is 36.4 Å². The van der Waals surface area contributed by atoms with E-state index < -0.39 is 10.0 Å². The fourth-order valence-electron chi connectivity index (χ4n) is 4.56. The van der Waals surface area contributed by atoms with Crippen LogP contribution >= 0.6 is 11.8 Å². The quantitative estimate of drug-likeness (QED) is 0.175. The Bertz CT molecular complexity index is 1370. The Morgan fingerprint density at radius 3 is 2.15 bits per heavy atom. The number of thioether (sulfide) groups is 1. The van der Waals surface area contributed by atoms with Crippen LogP contribution in [-0.4, -0.2) is 26.9 Å². The summed E-state index contributed by atoms with van der Waals surface area (Å²) < 4.78 is 40.8. The highest BCUT2D eigenvalue weighted by Gasteiger charge is 2.23. The Morgan fingerprint density at radius 2 is 1.60 bits per heavy atom. The molecule has 1 atom stereocenters. The van der Waals surface area contributed by atoms with Crippen LogP contribution in [0.3, 0.4) is 0 Å². The van der Waals surface area contributed by atoms with Crippen molar-refractivity contribution >= 4 is 38.6 Å². The van der Waals surface area contributed by atoms with Gasteiger partial charge in [-0.3, -0.25) is 4.39 Å². The van der Waals surface area contributed by atoms with Gasteiger partial charge in [-0.2, -0.15) is 0 Å². The van der Waals surface area contributed by atoms with Crippen LogP contribution in [0.4, 0.5) is 10.1 Å². The Labute approximate surface area is 243 Å². The van der Waals surface area contributed by atoms with Crippen molar-refractivity contribution in [3.8, 4) is 5.75 Å². The lowest BCUT2D eigenvalue weighted by molar-refractivity contribution is 0.186. The van der Waals surface area contributed by atoms with Gasteiger partial charge in [-0.15, -0.1) is 11.8 Å². The number of ether oxygens (including phenoxy) is 1. The third-order valence-electron chi connectivity index (χ3n) is 6.73. The van der Waals surface area contributed by atoms with Crippen LogP contribution in [0.5, 0.6) is 5.75 Å². The normalized spacial score (nSPS) is 13.7. The number of hydrogen-bond donors (Lipinski definition) is 2. The molecule has 3 aromatic carbocycles. The van der Waals surface area contributed by atoms with Gasteiger partial charge in [0.15, 0.2) is 0 Å². The lowest BCUT2D eigenvalue weighted by atomic mass is 9.89. The Morgan fingerprint density at radius 1 is 0.925 bits per heavy atom.